The minimum Gasteiger partial charge on any atom is -0.478 e. The van der Waals surface area contributed by atoms with Crippen LogP contribution < -0.4 is 10.5 Å². The Morgan fingerprint density at radius 3 is 2.50 bits per heavy atom. The molecule has 0 bridgehead atoms. The molecular formula is C33H44N6O5. The van der Waals surface area contributed by atoms with Crippen LogP contribution in [0.4, 0.5) is 5.82 Å². The Balaban J connectivity index is 1.61. The number of benzene rings is 2. The van der Waals surface area contributed by atoms with E-state index >= 15 is 0 Å². The number of aliphatic carboxylic acids is 1. The molecule has 11 heteroatoms. The maximum atomic E-state index is 13.6. The smallest absolute Gasteiger partial charge is 0.347 e. The second-order valence-electron chi connectivity index (χ2n) is 11.2. The number of carboxylic acids is 1. The van der Waals surface area contributed by atoms with E-state index in [9.17, 15) is 14.7 Å². The highest BCUT2D eigenvalue weighted by Gasteiger charge is 2.29. The number of carbonyl (C=O) groups excluding carboxylic acids is 1. The van der Waals surface area contributed by atoms with Gasteiger partial charge < -0.3 is 29.8 Å². The summed E-state index contributed by atoms with van der Waals surface area (Å²) in [7, 11) is 0. The normalized spacial score (nSPS) is 11.9. The van der Waals surface area contributed by atoms with Gasteiger partial charge in [0, 0.05) is 31.6 Å². The summed E-state index contributed by atoms with van der Waals surface area (Å²) in [6.45, 7) is 13.2. The van der Waals surface area contributed by atoms with Gasteiger partial charge in [-0.05, 0) is 64.0 Å². The van der Waals surface area contributed by atoms with Crippen LogP contribution in [-0.4, -0.2) is 79.7 Å². The zero-order valence-corrected chi connectivity index (χ0v) is 26.4. The lowest BCUT2D eigenvalue weighted by atomic mass is 10.1. The molecule has 44 heavy (non-hydrogen) atoms. The quantitative estimate of drug-likeness (QED) is 0.186. The number of rotatable bonds is 16. The molecule has 4 aromatic rings. The molecule has 2 aromatic heterocycles. The fraction of sp³-hybridized carbons (Fsp3) is 0.455. The van der Waals surface area contributed by atoms with Gasteiger partial charge in [0.05, 0.1) is 17.6 Å². The second-order valence-corrected chi connectivity index (χ2v) is 11.2. The van der Waals surface area contributed by atoms with Gasteiger partial charge >= 0.3 is 5.97 Å². The fourth-order valence-corrected chi connectivity index (χ4v) is 5.17. The van der Waals surface area contributed by atoms with Gasteiger partial charge in [-0.3, -0.25) is 9.69 Å². The summed E-state index contributed by atoms with van der Waals surface area (Å²) in [5, 5.41) is 10.5. The van der Waals surface area contributed by atoms with Crippen LogP contribution in [0, 0.1) is 0 Å². The van der Waals surface area contributed by atoms with Gasteiger partial charge in [0.1, 0.15) is 23.7 Å². The first-order valence-electron chi connectivity index (χ1n) is 15.2. The zero-order valence-electron chi connectivity index (χ0n) is 26.4. The number of hydrogen-bond acceptors (Lipinski definition) is 8. The first kappa shape index (κ1) is 32.7. The number of nitrogen functional groups attached to an aromatic ring is 1. The molecule has 1 amide bonds. The number of fused-ring (bicyclic) bond motifs is 3. The number of anilines is 1. The van der Waals surface area contributed by atoms with Crippen molar-refractivity contribution in [2.45, 2.75) is 66.3 Å². The maximum Gasteiger partial charge on any atom is 0.347 e. The number of aromatic nitrogens is 3. The maximum absolute atomic E-state index is 13.6. The summed E-state index contributed by atoms with van der Waals surface area (Å²) < 4.78 is 13.6. The Hall–Kier alpha value is -4.22. The lowest BCUT2D eigenvalue weighted by Crippen LogP contribution is -2.40. The predicted molar refractivity (Wildman–Crippen MR) is 171 cm³/mol. The van der Waals surface area contributed by atoms with Crippen molar-refractivity contribution in [1.29, 1.82) is 0 Å². The van der Waals surface area contributed by atoms with E-state index < -0.39 is 11.6 Å². The van der Waals surface area contributed by atoms with Crippen molar-refractivity contribution in [1.82, 2.24) is 24.3 Å². The molecule has 0 aliphatic heterocycles. The minimum absolute atomic E-state index is 0.0230. The highest BCUT2D eigenvalue weighted by molar-refractivity contribution is 6.06. The number of para-hydroxylation sites is 1. The van der Waals surface area contributed by atoms with E-state index in [-0.39, 0.29) is 5.91 Å². The topological polar surface area (TPSA) is 136 Å². The summed E-state index contributed by atoms with van der Waals surface area (Å²) in [6.07, 6.45) is 0.660. The number of pyridine rings is 1. The lowest BCUT2D eigenvalue weighted by molar-refractivity contribution is -0.152. The van der Waals surface area contributed by atoms with Crippen molar-refractivity contribution in [3.8, 4) is 5.75 Å². The molecule has 2 aromatic carbocycles. The monoisotopic (exact) mass is 604 g/mol. The molecule has 0 unspecified atom stereocenters. The van der Waals surface area contributed by atoms with Crippen LogP contribution in [0.1, 0.15) is 52.4 Å². The Labute approximate surface area is 258 Å². The summed E-state index contributed by atoms with van der Waals surface area (Å²) in [4.78, 5) is 38.6. The van der Waals surface area contributed by atoms with Crippen LogP contribution >= 0.6 is 0 Å². The van der Waals surface area contributed by atoms with E-state index in [1.54, 1.807) is 12.1 Å². The number of aryl methyl sites for hydroxylation is 1. The van der Waals surface area contributed by atoms with Gasteiger partial charge in [-0.2, -0.15) is 0 Å². The molecule has 0 radical (unpaired) electrons. The van der Waals surface area contributed by atoms with Crippen LogP contribution in [0.5, 0.6) is 5.75 Å². The van der Waals surface area contributed by atoms with Gasteiger partial charge in [-0.1, -0.05) is 44.2 Å². The number of likely N-dealkylation sites (N-methyl/N-ethyl adjacent to an activating group) is 1. The summed E-state index contributed by atoms with van der Waals surface area (Å²) in [5.74, 6) is 0.544. The van der Waals surface area contributed by atoms with Crippen molar-refractivity contribution in [3.63, 3.8) is 0 Å². The van der Waals surface area contributed by atoms with Gasteiger partial charge in [-0.15, -0.1) is 0 Å². The molecule has 0 atom stereocenters. The van der Waals surface area contributed by atoms with Crippen LogP contribution in [0.25, 0.3) is 21.9 Å². The number of imidazole rings is 1. The molecule has 2 heterocycles. The van der Waals surface area contributed by atoms with Crippen LogP contribution in [0.15, 0.2) is 48.5 Å². The molecule has 4 rings (SSSR count). The first-order chi connectivity index (χ1) is 21.1. The highest BCUT2D eigenvalue weighted by atomic mass is 16.5. The van der Waals surface area contributed by atoms with Crippen LogP contribution in [0.3, 0.4) is 0 Å². The molecule has 0 aliphatic rings. The van der Waals surface area contributed by atoms with Gasteiger partial charge in [0.25, 0.3) is 0 Å². The Kier molecular flexibility index (Phi) is 10.8. The Morgan fingerprint density at radius 2 is 1.80 bits per heavy atom. The minimum atomic E-state index is -1.38. The predicted octanol–water partition coefficient (Wildman–Crippen LogP) is 4.71. The van der Waals surface area contributed by atoms with Crippen molar-refractivity contribution >= 4 is 39.6 Å². The number of ether oxygens (including phenoxy) is 2. The molecule has 0 spiro atoms. The number of nitrogens with zero attached hydrogens (tertiary/aromatic N) is 5. The third kappa shape index (κ3) is 7.64. The van der Waals surface area contributed by atoms with E-state index in [0.717, 1.165) is 40.9 Å². The van der Waals surface area contributed by atoms with Gasteiger partial charge in [-0.25, -0.2) is 14.8 Å². The lowest BCUT2D eigenvalue weighted by Gasteiger charge is -2.27. The average molecular weight is 605 g/mol. The number of carboxylic acid groups (broad SMARTS) is 1. The second kappa shape index (κ2) is 14.5. The van der Waals surface area contributed by atoms with E-state index in [2.05, 4.69) is 14.5 Å². The van der Waals surface area contributed by atoms with Crippen molar-refractivity contribution in [2.24, 2.45) is 0 Å². The van der Waals surface area contributed by atoms with E-state index in [1.807, 2.05) is 62.1 Å². The largest absolute Gasteiger partial charge is 0.478 e. The average Bonchev–Trinajstić information content (AvgIpc) is 3.37. The highest BCUT2D eigenvalue weighted by Crippen LogP contribution is 2.29. The molecule has 0 saturated carbocycles. The molecule has 0 aliphatic carbocycles. The summed E-state index contributed by atoms with van der Waals surface area (Å²) in [5.41, 5.74) is 8.17. The molecule has 0 saturated heterocycles. The Morgan fingerprint density at radius 1 is 1.05 bits per heavy atom. The van der Waals surface area contributed by atoms with E-state index in [4.69, 9.17) is 20.2 Å². The SMILES string of the molecule is CCOCc1nc2c(N)nc3ccccc3c2n1CCCN(Cc1cccc(OC(C)(C)C(=O)O)c1)C(=O)CN(CC)CC. The molecule has 236 valence electrons. The third-order valence-electron chi connectivity index (χ3n) is 7.70. The number of carbonyl (C=O) groups is 2. The van der Waals surface area contributed by atoms with Gasteiger partial charge in [0.15, 0.2) is 11.4 Å². The first-order valence-corrected chi connectivity index (χ1v) is 15.2. The van der Waals surface area contributed by atoms with Crippen molar-refractivity contribution in [3.05, 3.63) is 59.9 Å². The summed E-state index contributed by atoms with van der Waals surface area (Å²) in [6, 6.07) is 15.1. The number of hydrogen-bond donors (Lipinski definition) is 2. The van der Waals surface area contributed by atoms with E-state index in [1.165, 1.54) is 13.8 Å². The number of amides is 1. The van der Waals surface area contributed by atoms with Gasteiger partial charge in [0.2, 0.25) is 5.91 Å². The van der Waals surface area contributed by atoms with Crippen LogP contribution in [-0.2, 0) is 34.0 Å². The standard InChI is InChI=1S/C33H44N6O5/c1-6-37(7-2)21-28(40)38(20-23-13-11-14-24(19-23)44-33(4,5)32(41)42)17-12-18-39-27(22-43-8-3)36-29-30(39)25-15-9-10-16-26(25)35-31(29)34/h9-11,13-16,19H,6-8,12,17-18,20-22H2,1-5H3,(H2,34,35)(H,41,42). The number of nitrogens with two attached hydrogens (primary N) is 1. The molecule has 11 nitrogen and oxygen atoms in total. The Bertz CT molecular complexity index is 1600. The summed E-state index contributed by atoms with van der Waals surface area (Å²) >= 11 is 0. The van der Waals surface area contributed by atoms with Crippen LogP contribution in [0.2, 0.25) is 0 Å². The fourth-order valence-electron chi connectivity index (χ4n) is 5.17. The van der Waals surface area contributed by atoms with Crippen molar-refractivity contribution in [2.75, 3.05) is 38.5 Å². The molecule has 0 fully saturated rings. The van der Waals surface area contributed by atoms with E-state index in [0.29, 0.717) is 62.9 Å². The third-order valence-corrected chi connectivity index (χ3v) is 7.70. The van der Waals surface area contributed by atoms with Crippen molar-refractivity contribution < 1.29 is 24.2 Å². The molecule has 3 N–H and O–H groups in total. The zero-order chi connectivity index (χ0) is 31.9. The molecular weight excluding hydrogens is 560 g/mol.